The summed E-state index contributed by atoms with van der Waals surface area (Å²) in [4.78, 5) is 36.8. The van der Waals surface area contributed by atoms with E-state index in [9.17, 15) is 14.4 Å². The van der Waals surface area contributed by atoms with Crippen molar-refractivity contribution < 1.29 is 19.5 Å². The van der Waals surface area contributed by atoms with E-state index >= 15 is 0 Å². The molecule has 1 fully saturated rings. The fourth-order valence-corrected chi connectivity index (χ4v) is 3.29. The summed E-state index contributed by atoms with van der Waals surface area (Å²) < 4.78 is 1.76. The van der Waals surface area contributed by atoms with Crippen molar-refractivity contribution in [2.24, 2.45) is 0 Å². The number of carboxylic acids is 1. The van der Waals surface area contributed by atoms with Crippen molar-refractivity contribution in [1.82, 2.24) is 9.47 Å². The summed E-state index contributed by atoms with van der Waals surface area (Å²) in [5.41, 5.74) is 1.50. The zero-order valence-corrected chi connectivity index (χ0v) is 13.9. The highest BCUT2D eigenvalue weighted by Gasteiger charge is 2.34. The number of aromatic carboxylic acids is 1. The standard InChI is InChI=1S/C18H14N2O4S/c1-2-8-20-16(21)15(25-18(20)24)11-14-7-4-9-19(14)13-6-3-5-12(10-13)17(22)23/h2-7,9-11H,1,8H2,(H,22,23). The third-order valence-corrected chi connectivity index (χ3v) is 4.52. The summed E-state index contributed by atoms with van der Waals surface area (Å²) in [5, 5.41) is 8.80. The predicted molar refractivity (Wildman–Crippen MR) is 95.6 cm³/mol. The summed E-state index contributed by atoms with van der Waals surface area (Å²) in [6, 6.07) is 10.1. The van der Waals surface area contributed by atoms with E-state index in [4.69, 9.17) is 5.11 Å². The summed E-state index contributed by atoms with van der Waals surface area (Å²) in [6.45, 7) is 3.71. The Labute approximate surface area is 148 Å². The van der Waals surface area contributed by atoms with Gasteiger partial charge in [-0.15, -0.1) is 6.58 Å². The van der Waals surface area contributed by atoms with Crippen molar-refractivity contribution in [2.45, 2.75) is 0 Å². The highest BCUT2D eigenvalue weighted by atomic mass is 32.2. The number of aromatic nitrogens is 1. The van der Waals surface area contributed by atoms with Crippen molar-refractivity contribution in [2.75, 3.05) is 6.54 Å². The number of hydrogen-bond acceptors (Lipinski definition) is 4. The molecule has 2 heterocycles. The molecule has 1 aliphatic rings. The van der Waals surface area contributed by atoms with Crippen LogP contribution >= 0.6 is 11.8 Å². The van der Waals surface area contributed by atoms with Gasteiger partial charge in [-0.3, -0.25) is 14.5 Å². The Morgan fingerprint density at radius 3 is 2.76 bits per heavy atom. The van der Waals surface area contributed by atoms with Gasteiger partial charge in [-0.25, -0.2) is 4.79 Å². The molecule has 1 saturated heterocycles. The number of imide groups is 1. The molecule has 0 unspecified atom stereocenters. The second-order valence-corrected chi connectivity index (χ2v) is 6.23. The van der Waals surface area contributed by atoms with E-state index in [1.807, 2.05) is 0 Å². The van der Waals surface area contributed by atoms with Crippen molar-refractivity contribution in [1.29, 1.82) is 0 Å². The molecule has 126 valence electrons. The van der Waals surface area contributed by atoms with E-state index in [0.717, 1.165) is 16.7 Å². The maximum atomic E-state index is 12.3. The molecule has 0 saturated carbocycles. The van der Waals surface area contributed by atoms with Crippen LogP contribution in [0.4, 0.5) is 4.79 Å². The minimum Gasteiger partial charge on any atom is -0.478 e. The van der Waals surface area contributed by atoms with Crippen molar-refractivity contribution in [3.63, 3.8) is 0 Å². The molecule has 1 aromatic heterocycles. The normalized spacial score (nSPS) is 15.8. The van der Waals surface area contributed by atoms with Gasteiger partial charge in [0, 0.05) is 24.1 Å². The Bertz CT molecular complexity index is 913. The van der Waals surface area contributed by atoms with Crippen LogP contribution in [0.1, 0.15) is 16.1 Å². The van der Waals surface area contributed by atoms with Crippen LogP contribution in [0, 0.1) is 0 Å². The number of rotatable bonds is 5. The van der Waals surface area contributed by atoms with Crippen LogP contribution in [0.25, 0.3) is 11.8 Å². The second kappa shape index (κ2) is 6.82. The zero-order valence-electron chi connectivity index (χ0n) is 13.1. The van der Waals surface area contributed by atoms with E-state index in [2.05, 4.69) is 6.58 Å². The summed E-state index contributed by atoms with van der Waals surface area (Å²) in [6.07, 6.45) is 4.89. The number of benzene rings is 1. The average molecular weight is 354 g/mol. The molecule has 0 spiro atoms. The molecule has 2 amide bonds. The van der Waals surface area contributed by atoms with Crippen LogP contribution in [0.2, 0.25) is 0 Å². The number of amides is 2. The summed E-state index contributed by atoms with van der Waals surface area (Å²) in [7, 11) is 0. The van der Waals surface area contributed by atoms with Crippen LogP contribution < -0.4 is 0 Å². The van der Waals surface area contributed by atoms with E-state index in [1.165, 1.54) is 12.1 Å². The lowest BCUT2D eigenvalue weighted by molar-refractivity contribution is -0.122. The maximum absolute atomic E-state index is 12.3. The van der Waals surface area contributed by atoms with Crippen LogP contribution in [-0.4, -0.2) is 38.2 Å². The lowest BCUT2D eigenvalue weighted by Crippen LogP contribution is -2.27. The molecule has 1 aliphatic heterocycles. The molecular weight excluding hydrogens is 340 g/mol. The Hall–Kier alpha value is -3.06. The molecule has 0 bridgehead atoms. The molecule has 1 aromatic carbocycles. The van der Waals surface area contributed by atoms with Crippen molar-refractivity contribution >= 4 is 35.0 Å². The third-order valence-electron chi connectivity index (χ3n) is 3.62. The fraction of sp³-hybridized carbons (Fsp3) is 0.0556. The lowest BCUT2D eigenvalue weighted by atomic mass is 10.2. The highest BCUT2D eigenvalue weighted by molar-refractivity contribution is 8.18. The first-order valence-electron chi connectivity index (χ1n) is 7.38. The molecule has 6 nitrogen and oxygen atoms in total. The van der Waals surface area contributed by atoms with Crippen LogP contribution in [-0.2, 0) is 4.79 Å². The first kappa shape index (κ1) is 16.8. The third kappa shape index (κ3) is 3.27. The molecule has 3 rings (SSSR count). The number of nitrogens with zero attached hydrogens (tertiary/aromatic N) is 2. The van der Waals surface area contributed by atoms with E-state index in [0.29, 0.717) is 16.3 Å². The topological polar surface area (TPSA) is 79.6 Å². The monoisotopic (exact) mass is 354 g/mol. The van der Waals surface area contributed by atoms with Crippen LogP contribution in [0.15, 0.2) is 60.2 Å². The van der Waals surface area contributed by atoms with E-state index in [-0.39, 0.29) is 23.3 Å². The van der Waals surface area contributed by atoms with E-state index < -0.39 is 5.97 Å². The number of carbonyl (C=O) groups is 3. The van der Waals surface area contributed by atoms with Gasteiger partial charge in [-0.2, -0.15) is 0 Å². The summed E-state index contributed by atoms with van der Waals surface area (Å²) in [5.74, 6) is -1.37. The fourth-order valence-electron chi connectivity index (χ4n) is 2.46. The number of carboxylic acid groups (broad SMARTS) is 1. The number of carbonyl (C=O) groups excluding carboxylic acids is 2. The van der Waals surface area contributed by atoms with Gasteiger partial charge in [0.25, 0.3) is 11.1 Å². The van der Waals surface area contributed by atoms with Gasteiger partial charge in [0.1, 0.15) is 0 Å². The highest BCUT2D eigenvalue weighted by Crippen LogP contribution is 2.32. The van der Waals surface area contributed by atoms with Gasteiger partial charge < -0.3 is 9.67 Å². The molecular formula is C18H14N2O4S. The quantitative estimate of drug-likeness (QED) is 0.657. The largest absolute Gasteiger partial charge is 0.478 e. The van der Waals surface area contributed by atoms with Crippen molar-refractivity contribution in [3.8, 4) is 5.69 Å². The maximum Gasteiger partial charge on any atom is 0.335 e. The van der Waals surface area contributed by atoms with Crippen molar-refractivity contribution in [3.05, 3.63) is 71.4 Å². The first-order valence-corrected chi connectivity index (χ1v) is 8.20. The van der Waals surface area contributed by atoms with Gasteiger partial charge >= 0.3 is 5.97 Å². The first-order chi connectivity index (χ1) is 12.0. The Morgan fingerprint density at radius 1 is 1.24 bits per heavy atom. The zero-order chi connectivity index (χ0) is 18.0. The smallest absolute Gasteiger partial charge is 0.335 e. The van der Waals surface area contributed by atoms with Gasteiger partial charge in [-0.05, 0) is 48.2 Å². The molecule has 25 heavy (non-hydrogen) atoms. The van der Waals surface area contributed by atoms with Gasteiger partial charge in [0.05, 0.1) is 10.5 Å². The minimum absolute atomic E-state index is 0.170. The van der Waals surface area contributed by atoms with E-state index in [1.54, 1.807) is 47.2 Å². The molecule has 0 atom stereocenters. The molecule has 0 radical (unpaired) electrons. The number of thioether (sulfide) groups is 1. The number of hydrogen-bond donors (Lipinski definition) is 1. The lowest BCUT2D eigenvalue weighted by Gasteiger charge is -2.09. The predicted octanol–water partition coefficient (Wildman–Crippen LogP) is 3.40. The Balaban J connectivity index is 1.97. The van der Waals surface area contributed by atoms with Crippen LogP contribution in [0.5, 0.6) is 0 Å². The summed E-state index contributed by atoms with van der Waals surface area (Å²) >= 11 is 0.875. The minimum atomic E-state index is -1.01. The Morgan fingerprint density at radius 2 is 2.04 bits per heavy atom. The van der Waals surface area contributed by atoms with Gasteiger partial charge in [0.2, 0.25) is 0 Å². The van der Waals surface area contributed by atoms with Crippen LogP contribution in [0.3, 0.4) is 0 Å². The molecule has 1 N–H and O–H groups in total. The molecule has 7 heteroatoms. The SMILES string of the molecule is C=CCN1C(=O)SC(=Cc2cccn2-c2cccc(C(=O)O)c2)C1=O. The van der Waals surface area contributed by atoms with Gasteiger partial charge in [-0.1, -0.05) is 12.1 Å². The molecule has 0 aliphatic carbocycles. The second-order valence-electron chi connectivity index (χ2n) is 5.24. The Kier molecular flexibility index (Phi) is 4.58. The van der Waals surface area contributed by atoms with Gasteiger partial charge in [0.15, 0.2) is 0 Å². The average Bonchev–Trinajstić information content (AvgIpc) is 3.16. The molecule has 2 aromatic rings.